The molecule has 11 heteroatoms. The molecule has 0 spiro atoms. The highest BCUT2D eigenvalue weighted by Crippen LogP contribution is 2.50. The maximum atomic E-state index is 14.6. The lowest BCUT2D eigenvalue weighted by atomic mass is 10.0. The van der Waals surface area contributed by atoms with Crippen LogP contribution in [0.2, 0.25) is 0 Å². The standard InChI is InChI=1S/C12H14F2N5O3P/c13-12(14)7(3-4-23(20,21)22)1-2-8(12)19-6-18-9-10(15)16-5-17-11(9)19/h3-8H,1-2H2,(H2,15,16,17)(H2,20,21,22)/b4-3+/t7-,8-/m0/s1. The van der Waals surface area contributed by atoms with E-state index in [2.05, 4.69) is 15.0 Å². The van der Waals surface area contributed by atoms with E-state index in [0.717, 1.165) is 6.08 Å². The monoisotopic (exact) mass is 345 g/mol. The summed E-state index contributed by atoms with van der Waals surface area (Å²) in [4.78, 5) is 29.3. The van der Waals surface area contributed by atoms with Crippen molar-refractivity contribution in [1.29, 1.82) is 0 Å². The Balaban J connectivity index is 1.96. The Morgan fingerprint density at radius 2 is 2.09 bits per heavy atom. The van der Waals surface area contributed by atoms with Crippen molar-refractivity contribution in [1.82, 2.24) is 19.5 Å². The molecule has 2 atom stereocenters. The van der Waals surface area contributed by atoms with E-state index in [1.54, 1.807) is 0 Å². The Bertz CT molecular complexity index is 818. The molecule has 23 heavy (non-hydrogen) atoms. The molecule has 124 valence electrons. The van der Waals surface area contributed by atoms with Crippen molar-refractivity contribution in [2.45, 2.75) is 24.8 Å². The smallest absolute Gasteiger partial charge is 0.348 e. The highest BCUT2D eigenvalue weighted by Gasteiger charge is 2.52. The van der Waals surface area contributed by atoms with E-state index in [1.165, 1.54) is 17.2 Å². The molecule has 2 aromatic heterocycles. The van der Waals surface area contributed by atoms with E-state index >= 15 is 0 Å². The van der Waals surface area contributed by atoms with Crippen molar-refractivity contribution in [3.05, 3.63) is 24.5 Å². The van der Waals surface area contributed by atoms with E-state index in [1.807, 2.05) is 0 Å². The van der Waals surface area contributed by atoms with Crippen molar-refractivity contribution < 1.29 is 23.1 Å². The topological polar surface area (TPSA) is 127 Å². The van der Waals surface area contributed by atoms with Crippen molar-refractivity contribution in [2.75, 3.05) is 5.73 Å². The van der Waals surface area contributed by atoms with Gasteiger partial charge in [-0.3, -0.25) is 4.57 Å². The first kappa shape index (κ1) is 16.0. The average molecular weight is 345 g/mol. The van der Waals surface area contributed by atoms with Crippen LogP contribution in [0.3, 0.4) is 0 Å². The molecule has 8 nitrogen and oxygen atoms in total. The van der Waals surface area contributed by atoms with Crippen molar-refractivity contribution in [3.63, 3.8) is 0 Å². The fraction of sp³-hybridized carbons (Fsp3) is 0.417. The van der Waals surface area contributed by atoms with Crippen LogP contribution in [0.15, 0.2) is 24.5 Å². The van der Waals surface area contributed by atoms with Gasteiger partial charge in [-0.1, -0.05) is 6.08 Å². The van der Waals surface area contributed by atoms with E-state index in [9.17, 15) is 13.3 Å². The summed E-state index contributed by atoms with van der Waals surface area (Å²) in [6.45, 7) is 0. The van der Waals surface area contributed by atoms with Crippen LogP contribution in [-0.4, -0.2) is 35.2 Å². The predicted molar refractivity (Wildman–Crippen MR) is 77.6 cm³/mol. The number of hydrogen-bond donors (Lipinski definition) is 3. The number of aromatic nitrogens is 4. The molecule has 0 radical (unpaired) electrons. The van der Waals surface area contributed by atoms with Crippen LogP contribution in [0, 0.1) is 5.92 Å². The molecular weight excluding hydrogens is 331 g/mol. The number of allylic oxidation sites excluding steroid dienone is 1. The molecule has 0 bridgehead atoms. The lowest BCUT2D eigenvalue weighted by molar-refractivity contribution is -0.0550. The molecule has 0 saturated heterocycles. The van der Waals surface area contributed by atoms with E-state index < -0.39 is 25.5 Å². The lowest BCUT2D eigenvalue weighted by Gasteiger charge is -2.24. The first-order valence-corrected chi connectivity index (χ1v) is 8.43. The summed E-state index contributed by atoms with van der Waals surface area (Å²) in [5.74, 6) is -3.83. The maximum Gasteiger partial charge on any atom is 0.348 e. The second kappa shape index (κ2) is 5.33. The minimum atomic E-state index is -4.47. The second-order valence-electron chi connectivity index (χ2n) is 5.39. The van der Waals surface area contributed by atoms with Gasteiger partial charge in [-0.05, 0) is 12.8 Å². The number of fused-ring (bicyclic) bond motifs is 1. The molecule has 0 unspecified atom stereocenters. The third-order valence-electron chi connectivity index (χ3n) is 3.93. The zero-order valence-electron chi connectivity index (χ0n) is 11.8. The Labute approximate surface area is 129 Å². The van der Waals surface area contributed by atoms with E-state index in [-0.39, 0.29) is 29.8 Å². The van der Waals surface area contributed by atoms with Gasteiger partial charge in [0.1, 0.15) is 17.9 Å². The molecule has 2 heterocycles. The van der Waals surface area contributed by atoms with Crippen LogP contribution in [0.25, 0.3) is 11.2 Å². The third-order valence-corrected chi connectivity index (χ3v) is 4.49. The largest absolute Gasteiger partial charge is 0.382 e. The van der Waals surface area contributed by atoms with E-state index in [4.69, 9.17) is 15.5 Å². The van der Waals surface area contributed by atoms with Gasteiger partial charge in [-0.2, -0.15) is 0 Å². The number of imidazole rings is 1. The van der Waals surface area contributed by atoms with Crippen LogP contribution in [0.1, 0.15) is 18.9 Å². The molecule has 0 aromatic carbocycles. The number of alkyl halides is 2. The highest BCUT2D eigenvalue weighted by molar-refractivity contribution is 7.55. The fourth-order valence-corrected chi connectivity index (χ4v) is 3.26. The SMILES string of the molecule is Nc1ncnc2c1ncn2[C@H]1CC[C@@H](/C=C/P(=O)(O)O)C1(F)F. The predicted octanol–water partition coefficient (Wildman–Crippen LogP) is 1.69. The summed E-state index contributed by atoms with van der Waals surface area (Å²) in [5, 5.41) is 0. The number of nitrogens with zero attached hydrogens (tertiary/aromatic N) is 4. The molecule has 1 saturated carbocycles. The van der Waals surface area contributed by atoms with Gasteiger partial charge in [0.25, 0.3) is 5.92 Å². The van der Waals surface area contributed by atoms with Gasteiger partial charge in [0.05, 0.1) is 6.33 Å². The Morgan fingerprint density at radius 3 is 2.78 bits per heavy atom. The van der Waals surface area contributed by atoms with Gasteiger partial charge in [-0.25, -0.2) is 23.7 Å². The first-order valence-electron chi connectivity index (χ1n) is 6.75. The third kappa shape index (κ3) is 2.85. The van der Waals surface area contributed by atoms with Crippen LogP contribution in [0.5, 0.6) is 0 Å². The zero-order valence-corrected chi connectivity index (χ0v) is 12.6. The summed E-state index contributed by atoms with van der Waals surface area (Å²) in [6.07, 6.45) is 3.52. The molecule has 1 fully saturated rings. The zero-order chi connectivity index (χ0) is 16.8. The summed E-state index contributed by atoms with van der Waals surface area (Å²) < 4.78 is 41.3. The molecule has 3 rings (SSSR count). The fourth-order valence-electron chi connectivity index (χ4n) is 2.83. The minimum absolute atomic E-state index is 0.0917. The highest BCUT2D eigenvalue weighted by atomic mass is 31.2. The molecular formula is C12H14F2N5O3P. The molecule has 0 aliphatic heterocycles. The Kier molecular flexibility index (Phi) is 3.70. The van der Waals surface area contributed by atoms with Crippen molar-refractivity contribution >= 4 is 24.6 Å². The number of hydrogen-bond acceptors (Lipinski definition) is 5. The van der Waals surface area contributed by atoms with Crippen LogP contribution >= 0.6 is 7.60 Å². The van der Waals surface area contributed by atoms with Crippen molar-refractivity contribution in [3.8, 4) is 0 Å². The second-order valence-corrected chi connectivity index (χ2v) is 6.86. The summed E-state index contributed by atoms with van der Waals surface area (Å²) in [6, 6.07) is -1.21. The molecule has 1 aliphatic carbocycles. The van der Waals surface area contributed by atoms with Gasteiger partial charge in [-0.15, -0.1) is 0 Å². The maximum absolute atomic E-state index is 14.6. The number of halogens is 2. The molecule has 2 aromatic rings. The Hall–Kier alpha value is -1.90. The summed E-state index contributed by atoms with van der Waals surface area (Å²) >= 11 is 0. The number of anilines is 1. The molecule has 4 N–H and O–H groups in total. The molecule has 1 aliphatic rings. The van der Waals surface area contributed by atoms with Crippen LogP contribution in [0.4, 0.5) is 14.6 Å². The van der Waals surface area contributed by atoms with Crippen LogP contribution < -0.4 is 5.73 Å². The van der Waals surface area contributed by atoms with Gasteiger partial charge < -0.3 is 20.1 Å². The lowest BCUT2D eigenvalue weighted by Crippen LogP contribution is -2.30. The van der Waals surface area contributed by atoms with Gasteiger partial charge >= 0.3 is 7.60 Å². The number of rotatable bonds is 3. The van der Waals surface area contributed by atoms with Gasteiger partial charge in [0.2, 0.25) is 0 Å². The summed E-state index contributed by atoms with van der Waals surface area (Å²) in [7, 11) is -4.47. The van der Waals surface area contributed by atoms with E-state index in [0.29, 0.717) is 5.82 Å². The van der Waals surface area contributed by atoms with Crippen LogP contribution in [-0.2, 0) is 4.57 Å². The minimum Gasteiger partial charge on any atom is -0.382 e. The van der Waals surface area contributed by atoms with Gasteiger partial charge in [0.15, 0.2) is 11.5 Å². The van der Waals surface area contributed by atoms with Gasteiger partial charge in [0, 0.05) is 11.7 Å². The Morgan fingerprint density at radius 1 is 1.35 bits per heavy atom. The quantitative estimate of drug-likeness (QED) is 0.722. The summed E-state index contributed by atoms with van der Waals surface area (Å²) in [5.41, 5.74) is 6.10. The normalized spacial score (nSPS) is 24.7. The average Bonchev–Trinajstić information content (AvgIpc) is 2.97. The number of nitrogens with two attached hydrogens (primary N) is 1. The molecule has 0 amide bonds. The van der Waals surface area contributed by atoms with Crippen molar-refractivity contribution in [2.24, 2.45) is 5.92 Å². The first-order chi connectivity index (χ1) is 10.7. The number of nitrogen functional groups attached to an aromatic ring is 1.